The number of aromatic nitrogens is 3. The minimum absolute atomic E-state index is 0.0467. The lowest BCUT2D eigenvalue weighted by Gasteiger charge is -2.22. The molecule has 28 heavy (non-hydrogen) atoms. The van der Waals surface area contributed by atoms with Crippen molar-refractivity contribution in [3.63, 3.8) is 0 Å². The van der Waals surface area contributed by atoms with Gasteiger partial charge >= 0.3 is 0 Å². The molecule has 0 saturated heterocycles. The van der Waals surface area contributed by atoms with Gasteiger partial charge in [0.25, 0.3) is 11.4 Å². The van der Waals surface area contributed by atoms with Gasteiger partial charge in [0.05, 0.1) is 24.6 Å². The highest BCUT2D eigenvalue weighted by molar-refractivity contribution is 6.33. The van der Waals surface area contributed by atoms with Gasteiger partial charge in [0.2, 0.25) is 0 Å². The molecule has 0 aliphatic carbocycles. The number of aromatic amines is 1. The predicted octanol–water partition coefficient (Wildman–Crippen LogP) is 3.74. The fourth-order valence-corrected chi connectivity index (χ4v) is 2.97. The Morgan fingerprint density at radius 1 is 1.25 bits per heavy atom. The van der Waals surface area contributed by atoms with Gasteiger partial charge in [-0.1, -0.05) is 35.3 Å². The van der Waals surface area contributed by atoms with Gasteiger partial charge in [-0.3, -0.25) is 9.78 Å². The molecule has 2 aromatic heterocycles. The Balaban J connectivity index is 1.76. The summed E-state index contributed by atoms with van der Waals surface area (Å²) in [6, 6.07) is 10.5. The minimum atomic E-state index is -0.727. The molecule has 1 aromatic carbocycles. The van der Waals surface area contributed by atoms with Crippen LogP contribution in [0.3, 0.4) is 0 Å². The molecule has 3 aromatic rings. The van der Waals surface area contributed by atoms with E-state index in [9.17, 15) is 9.90 Å². The van der Waals surface area contributed by atoms with Crippen LogP contribution in [0.15, 0.2) is 53.6 Å². The maximum absolute atomic E-state index is 11.9. The Bertz CT molecular complexity index is 981. The maximum atomic E-state index is 11.9. The smallest absolute Gasteiger partial charge is 0.285 e. The molecule has 1 atom stereocenters. The number of rotatable bonds is 7. The zero-order chi connectivity index (χ0) is 20.1. The fourth-order valence-electron chi connectivity index (χ4n) is 2.60. The minimum Gasteiger partial charge on any atom is -0.475 e. The van der Waals surface area contributed by atoms with Crippen molar-refractivity contribution in [1.29, 1.82) is 0 Å². The summed E-state index contributed by atoms with van der Waals surface area (Å²) in [7, 11) is 1.73. The van der Waals surface area contributed by atoms with Crippen LogP contribution in [0.5, 0.6) is 5.88 Å². The summed E-state index contributed by atoms with van der Waals surface area (Å²) in [5.74, 6) is 0.152. The van der Waals surface area contributed by atoms with E-state index in [4.69, 9.17) is 27.9 Å². The highest BCUT2D eigenvalue weighted by Gasteiger charge is 2.20. The zero-order valence-corrected chi connectivity index (χ0v) is 16.5. The first-order chi connectivity index (χ1) is 13.5. The third-order valence-electron chi connectivity index (χ3n) is 4.12. The van der Waals surface area contributed by atoms with E-state index in [2.05, 4.69) is 15.2 Å². The van der Waals surface area contributed by atoms with Crippen molar-refractivity contribution in [2.45, 2.75) is 12.5 Å². The predicted molar refractivity (Wildman–Crippen MR) is 109 cm³/mol. The summed E-state index contributed by atoms with van der Waals surface area (Å²) in [5.41, 5.74) is 1.23. The molecule has 0 bridgehead atoms. The number of nitrogens with one attached hydrogen (secondary N) is 1. The largest absolute Gasteiger partial charge is 0.475 e. The van der Waals surface area contributed by atoms with Crippen LogP contribution in [0.4, 0.5) is 11.4 Å². The first kappa shape index (κ1) is 20.1. The Morgan fingerprint density at radius 2 is 2.00 bits per heavy atom. The molecule has 2 heterocycles. The van der Waals surface area contributed by atoms with Crippen LogP contribution in [0.25, 0.3) is 0 Å². The number of aliphatic hydroxyl groups is 1. The van der Waals surface area contributed by atoms with E-state index in [1.165, 1.54) is 0 Å². The zero-order valence-electron chi connectivity index (χ0n) is 15.0. The molecule has 3 rings (SSSR count). The van der Waals surface area contributed by atoms with Gasteiger partial charge in [0, 0.05) is 24.7 Å². The number of H-pyrrole nitrogens is 1. The molecular formula is C19H18Cl2N4O3. The summed E-state index contributed by atoms with van der Waals surface area (Å²) < 4.78 is 5.72. The molecule has 0 saturated carbocycles. The highest BCUT2D eigenvalue weighted by atomic mass is 35.5. The van der Waals surface area contributed by atoms with E-state index in [0.29, 0.717) is 22.8 Å². The second-order valence-electron chi connectivity index (χ2n) is 6.00. The number of halogens is 2. The number of nitrogens with zero attached hydrogens (tertiary/aromatic N) is 3. The molecule has 2 N–H and O–H groups in total. The second-order valence-corrected chi connectivity index (χ2v) is 6.81. The molecule has 0 fully saturated rings. The first-order valence-corrected chi connectivity index (χ1v) is 9.21. The summed E-state index contributed by atoms with van der Waals surface area (Å²) in [6.07, 6.45) is 2.86. The standard InChI is InChI=1S/C19H18Cl2N4O3/c1-25(14-3-2-9-22-11-14)17-16(21)18(27)23-24-19(17)28-10-8-15(26)12-4-6-13(20)7-5-12/h2-7,9,11,15,26H,8,10H2,1H3,(H,23,27). The van der Waals surface area contributed by atoms with Crippen LogP contribution in [0.2, 0.25) is 10.0 Å². The molecule has 0 spiro atoms. The van der Waals surface area contributed by atoms with Crippen molar-refractivity contribution in [2.24, 2.45) is 0 Å². The Hall–Kier alpha value is -2.61. The molecule has 0 aliphatic heterocycles. The Morgan fingerprint density at radius 3 is 2.68 bits per heavy atom. The van der Waals surface area contributed by atoms with Crippen LogP contribution in [0, 0.1) is 0 Å². The van der Waals surface area contributed by atoms with Gasteiger partial charge in [0.15, 0.2) is 0 Å². The van der Waals surface area contributed by atoms with Gasteiger partial charge in [-0.15, -0.1) is 5.10 Å². The van der Waals surface area contributed by atoms with Crippen LogP contribution in [-0.4, -0.2) is 33.9 Å². The summed E-state index contributed by atoms with van der Waals surface area (Å²) in [4.78, 5) is 17.7. The first-order valence-electron chi connectivity index (χ1n) is 8.45. The number of ether oxygens (including phenoxy) is 1. The van der Waals surface area contributed by atoms with Crippen molar-refractivity contribution in [1.82, 2.24) is 15.2 Å². The van der Waals surface area contributed by atoms with Crippen molar-refractivity contribution in [2.75, 3.05) is 18.6 Å². The number of benzene rings is 1. The number of hydrogen-bond acceptors (Lipinski definition) is 6. The number of anilines is 2. The van der Waals surface area contributed by atoms with E-state index >= 15 is 0 Å². The fraction of sp³-hybridized carbons (Fsp3) is 0.211. The van der Waals surface area contributed by atoms with Crippen molar-refractivity contribution in [3.8, 4) is 5.88 Å². The van der Waals surface area contributed by atoms with Crippen LogP contribution in [-0.2, 0) is 0 Å². The maximum Gasteiger partial charge on any atom is 0.285 e. The Labute approximate surface area is 171 Å². The molecule has 0 radical (unpaired) electrons. The molecule has 1 unspecified atom stereocenters. The monoisotopic (exact) mass is 420 g/mol. The highest BCUT2D eigenvalue weighted by Crippen LogP contribution is 2.34. The van der Waals surface area contributed by atoms with Crippen LogP contribution in [0.1, 0.15) is 18.1 Å². The average molecular weight is 421 g/mol. The molecule has 146 valence electrons. The van der Waals surface area contributed by atoms with E-state index < -0.39 is 11.7 Å². The van der Waals surface area contributed by atoms with Gasteiger partial charge in [-0.2, -0.15) is 0 Å². The average Bonchev–Trinajstić information content (AvgIpc) is 2.71. The number of pyridine rings is 1. The topological polar surface area (TPSA) is 91.3 Å². The Kier molecular flexibility index (Phi) is 6.51. The van der Waals surface area contributed by atoms with Gasteiger partial charge < -0.3 is 14.7 Å². The second kappa shape index (κ2) is 9.05. The van der Waals surface area contributed by atoms with Gasteiger partial charge in [0.1, 0.15) is 10.7 Å². The van der Waals surface area contributed by atoms with Crippen molar-refractivity contribution >= 4 is 34.6 Å². The van der Waals surface area contributed by atoms with Crippen molar-refractivity contribution in [3.05, 3.63) is 74.8 Å². The molecular weight excluding hydrogens is 403 g/mol. The van der Waals surface area contributed by atoms with Crippen LogP contribution >= 0.6 is 23.2 Å². The molecule has 0 amide bonds. The van der Waals surface area contributed by atoms with Crippen LogP contribution < -0.4 is 15.2 Å². The molecule has 9 heteroatoms. The molecule has 0 aliphatic rings. The quantitative estimate of drug-likeness (QED) is 0.604. The SMILES string of the molecule is CN(c1cccnc1)c1c(OCCC(O)c2ccc(Cl)cc2)n[nH]c(=O)c1Cl. The normalized spacial score (nSPS) is 11.9. The van der Waals surface area contributed by atoms with Gasteiger partial charge in [-0.05, 0) is 29.8 Å². The summed E-state index contributed by atoms with van der Waals surface area (Å²) >= 11 is 12.1. The number of aliphatic hydroxyl groups excluding tert-OH is 1. The number of hydrogen-bond donors (Lipinski definition) is 2. The lowest BCUT2D eigenvalue weighted by molar-refractivity contribution is 0.139. The van der Waals surface area contributed by atoms with E-state index in [1.54, 1.807) is 54.7 Å². The summed E-state index contributed by atoms with van der Waals surface area (Å²) in [6.45, 7) is 0.160. The van der Waals surface area contributed by atoms with Gasteiger partial charge in [-0.25, -0.2) is 5.10 Å². The van der Waals surface area contributed by atoms with E-state index in [1.807, 2.05) is 6.07 Å². The van der Waals surface area contributed by atoms with E-state index in [-0.39, 0.29) is 17.5 Å². The lowest BCUT2D eigenvalue weighted by atomic mass is 10.1. The third kappa shape index (κ3) is 4.62. The van der Waals surface area contributed by atoms with E-state index in [0.717, 1.165) is 5.56 Å². The van der Waals surface area contributed by atoms with Crippen molar-refractivity contribution < 1.29 is 9.84 Å². The lowest BCUT2D eigenvalue weighted by Crippen LogP contribution is -2.20. The molecule has 7 nitrogen and oxygen atoms in total. The third-order valence-corrected chi connectivity index (χ3v) is 4.72. The summed E-state index contributed by atoms with van der Waals surface area (Å²) in [5, 5.41) is 17.1.